The minimum Gasteiger partial charge on any atom is -0.171 e. The SMILES string of the molecule is CC=C[SiH](Cl)Cl.C[Si](Cl)(Cl)CCC(F)(F)F.Cl[SiH](Cl)C=Cc1ccccc1.Cl[SiH](Cl)Cc1ccccc1.Cl[SiH](Cl)c1ccccc1. The van der Waals surface area contributed by atoms with Crippen molar-refractivity contribution in [3.05, 3.63) is 120 Å². The summed E-state index contributed by atoms with van der Waals surface area (Å²) >= 11 is 55.8. The quantitative estimate of drug-likeness (QED) is 0.156. The zero-order chi connectivity index (χ0) is 35.6. The van der Waals surface area contributed by atoms with Crippen LogP contribution in [0.1, 0.15) is 24.5 Å². The molecule has 0 atom stereocenters. The number of hydrogen-bond donors (Lipinski definition) is 0. The van der Waals surface area contributed by atoms with Crippen LogP contribution in [0.5, 0.6) is 0 Å². The Morgan fingerprint density at radius 1 is 0.674 bits per heavy atom. The molecule has 0 bridgehead atoms. The van der Waals surface area contributed by atoms with E-state index in [4.69, 9.17) is 111 Å². The fourth-order valence-electron chi connectivity index (χ4n) is 2.65. The van der Waals surface area contributed by atoms with Crippen LogP contribution in [0.4, 0.5) is 13.2 Å². The van der Waals surface area contributed by atoms with Crippen LogP contribution in [0.2, 0.25) is 12.6 Å². The smallest absolute Gasteiger partial charge is 0.171 e. The molecule has 0 unspecified atom stereocenters. The van der Waals surface area contributed by atoms with Crippen molar-refractivity contribution in [3.8, 4) is 0 Å². The Labute approximate surface area is 326 Å². The van der Waals surface area contributed by atoms with Gasteiger partial charge in [0.2, 0.25) is 14.1 Å². The van der Waals surface area contributed by atoms with Crippen molar-refractivity contribution in [2.75, 3.05) is 0 Å². The van der Waals surface area contributed by atoms with Gasteiger partial charge in [-0.05, 0) is 41.9 Å². The third-order valence-corrected chi connectivity index (χ3v) is 14.0. The lowest BCUT2D eigenvalue weighted by Crippen LogP contribution is -2.17. The van der Waals surface area contributed by atoms with Gasteiger partial charge >= 0.3 is 6.18 Å². The summed E-state index contributed by atoms with van der Waals surface area (Å²) in [7, 11) is -6.02. The molecule has 0 fully saturated rings. The minimum atomic E-state index is -4.13. The molecule has 3 aromatic carbocycles. The number of rotatable bonds is 8. The summed E-state index contributed by atoms with van der Waals surface area (Å²) in [6, 6.07) is 30.6. The van der Waals surface area contributed by atoms with Crippen LogP contribution in [0, 0.1) is 0 Å². The van der Waals surface area contributed by atoms with E-state index in [1.54, 1.807) is 0 Å². The second kappa shape index (κ2) is 29.6. The first-order chi connectivity index (χ1) is 21.4. The largest absolute Gasteiger partial charge is 0.388 e. The van der Waals surface area contributed by atoms with Crippen molar-refractivity contribution in [2.24, 2.45) is 0 Å². The molecule has 0 radical (unpaired) electrons. The number of allylic oxidation sites excluding steroid dienone is 1. The van der Waals surface area contributed by atoms with Gasteiger partial charge in [0.05, 0.1) is 0 Å². The van der Waals surface area contributed by atoms with E-state index in [-0.39, 0.29) is 6.04 Å². The van der Waals surface area contributed by atoms with Gasteiger partial charge in [0.15, 0.2) is 0 Å². The third kappa shape index (κ3) is 37.7. The molecule has 3 rings (SSSR count). The molecular formula is C28H35Cl10F3Si5. The van der Waals surface area contributed by atoms with Crippen molar-refractivity contribution >= 4 is 158 Å². The van der Waals surface area contributed by atoms with E-state index in [1.807, 2.05) is 121 Å². The number of halogens is 13. The Morgan fingerprint density at radius 3 is 1.39 bits per heavy atom. The topological polar surface area (TPSA) is 0 Å². The fourth-order valence-corrected chi connectivity index (χ4v) is 8.99. The van der Waals surface area contributed by atoms with Crippen LogP contribution >= 0.6 is 111 Å². The third-order valence-electron chi connectivity index (χ3n) is 4.70. The summed E-state index contributed by atoms with van der Waals surface area (Å²) in [6.45, 7) is 0.839. The maximum absolute atomic E-state index is 11.5. The molecule has 0 saturated heterocycles. The van der Waals surface area contributed by atoms with Gasteiger partial charge in [-0.15, -0.1) is 111 Å². The summed E-state index contributed by atoms with van der Waals surface area (Å²) in [5, 5.41) is 1.08. The van der Waals surface area contributed by atoms with Crippen molar-refractivity contribution in [1.29, 1.82) is 0 Å². The van der Waals surface area contributed by atoms with Crippen molar-refractivity contribution in [3.63, 3.8) is 0 Å². The zero-order valence-corrected chi connectivity index (χ0v) is 38.0. The molecule has 0 heterocycles. The highest BCUT2D eigenvalue weighted by Gasteiger charge is 2.32. The molecule has 258 valence electrons. The monoisotopic (exact) mass is 918 g/mol. The molecule has 0 aliphatic heterocycles. The Kier molecular flexibility index (Phi) is 31.6. The van der Waals surface area contributed by atoms with Crippen molar-refractivity contribution < 1.29 is 13.2 Å². The highest BCUT2D eigenvalue weighted by molar-refractivity contribution is 7.45. The molecule has 0 saturated carbocycles. The fraction of sp³-hybridized carbons (Fsp3) is 0.214. The van der Waals surface area contributed by atoms with E-state index in [0.717, 1.165) is 16.8 Å². The van der Waals surface area contributed by atoms with E-state index in [0.29, 0.717) is 0 Å². The molecular weight excluding hydrogens is 888 g/mol. The van der Waals surface area contributed by atoms with Gasteiger partial charge in [-0.25, -0.2) is 0 Å². The van der Waals surface area contributed by atoms with Gasteiger partial charge in [0.25, 0.3) is 22.2 Å². The van der Waals surface area contributed by atoms with Gasteiger partial charge in [-0.1, -0.05) is 115 Å². The standard InChI is InChI=1S/C8H8Cl2Si.C7H8Cl2Si.C6H6Cl2Si.C4H7Cl2F3Si.C3H6Cl2Si/c9-11(10)7-6-8-4-2-1-3-5-8;8-10(9)6-7-4-2-1-3-5-7;7-9(8)6-4-2-1-3-5-6;1-10(5,6)3-2-4(7,8)9;1-2-3-6(4)5/h1-7,11H;1-5,10H,6H2;1-5,9H;2-3H2,1H3;2-3,6H,1H3. The van der Waals surface area contributed by atoms with Crippen LogP contribution in [-0.4, -0.2) is 42.5 Å². The second-order valence-electron chi connectivity index (χ2n) is 8.94. The van der Waals surface area contributed by atoms with Crippen molar-refractivity contribution in [2.45, 2.75) is 38.2 Å². The maximum atomic E-state index is 11.5. The van der Waals surface area contributed by atoms with Gasteiger partial charge in [0, 0.05) is 6.42 Å². The first-order valence-corrected chi connectivity index (χ1v) is 34.8. The lowest BCUT2D eigenvalue weighted by Gasteiger charge is -2.11. The maximum Gasteiger partial charge on any atom is 0.388 e. The Balaban J connectivity index is 0. The van der Waals surface area contributed by atoms with E-state index < -0.39 is 49.0 Å². The van der Waals surface area contributed by atoms with E-state index in [2.05, 4.69) is 0 Å². The molecule has 46 heavy (non-hydrogen) atoms. The first-order valence-electron chi connectivity index (χ1n) is 13.4. The lowest BCUT2D eigenvalue weighted by atomic mass is 10.2. The van der Waals surface area contributed by atoms with Crippen LogP contribution in [-0.2, 0) is 6.04 Å². The molecule has 3 aromatic rings. The average molecular weight is 924 g/mol. The molecule has 0 aliphatic rings. The van der Waals surface area contributed by atoms with Gasteiger partial charge < -0.3 is 0 Å². The van der Waals surface area contributed by atoms with Crippen molar-refractivity contribution in [1.82, 2.24) is 0 Å². The molecule has 0 aliphatic carbocycles. The summed E-state index contributed by atoms with van der Waals surface area (Å²) in [5.41, 5.74) is 6.09. The predicted molar refractivity (Wildman–Crippen MR) is 221 cm³/mol. The van der Waals surface area contributed by atoms with Crippen LogP contribution in [0.3, 0.4) is 0 Å². The first kappa shape index (κ1) is 49.0. The molecule has 0 amide bonds. The lowest BCUT2D eigenvalue weighted by molar-refractivity contribution is -0.130. The normalized spacial score (nSPS) is 11.4. The zero-order valence-electron chi connectivity index (χ0n) is 24.8. The summed E-state index contributed by atoms with van der Waals surface area (Å²) < 4.78 is 34.5. The highest BCUT2D eigenvalue weighted by atomic mass is 35.7. The predicted octanol–water partition coefficient (Wildman–Crippen LogP) is 12.3. The average Bonchev–Trinajstić information content (AvgIpc) is 2.97. The summed E-state index contributed by atoms with van der Waals surface area (Å²) in [6.07, 6.45) is -1.17. The van der Waals surface area contributed by atoms with Crippen LogP contribution in [0.15, 0.2) is 108 Å². The van der Waals surface area contributed by atoms with Crippen LogP contribution < -0.4 is 5.19 Å². The van der Waals surface area contributed by atoms with Gasteiger partial charge in [0.1, 0.15) is 0 Å². The molecule has 0 aromatic heterocycles. The minimum absolute atomic E-state index is 0.125. The number of alkyl halides is 3. The Bertz CT molecular complexity index is 1160. The van der Waals surface area contributed by atoms with Gasteiger partial charge in [-0.2, -0.15) is 13.2 Å². The Hall–Kier alpha value is 0.914. The van der Waals surface area contributed by atoms with E-state index in [9.17, 15) is 13.2 Å². The van der Waals surface area contributed by atoms with Gasteiger partial charge in [-0.3, -0.25) is 0 Å². The number of hydrogen-bond acceptors (Lipinski definition) is 0. The molecule has 0 N–H and O–H groups in total. The molecule has 18 heteroatoms. The Morgan fingerprint density at radius 2 is 1.11 bits per heavy atom. The van der Waals surface area contributed by atoms with E-state index in [1.165, 1.54) is 12.1 Å². The molecule has 0 spiro atoms. The van der Waals surface area contributed by atoms with Crippen LogP contribution in [0.25, 0.3) is 6.08 Å². The van der Waals surface area contributed by atoms with E-state index >= 15 is 0 Å². The molecule has 0 nitrogen and oxygen atoms in total. The summed E-state index contributed by atoms with van der Waals surface area (Å²) in [4.78, 5) is 0. The number of benzene rings is 3. The highest BCUT2D eigenvalue weighted by Crippen LogP contribution is 2.29. The second-order valence-corrected chi connectivity index (χ2v) is 35.8. The summed E-state index contributed by atoms with van der Waals surface area (Å²) in [5.74, 6) is 0.